The maximum atomic E-state index is 6.46. The van der Waals surface area contributed by atoms with Gasteiger partial charge in [0.1, 0.15) is 0 Å². The average molecular weight is 582 g/mol. The van der Waals surface area contributed by atoms with Crippen molar-refractivity contribution in [1.29, 1.82) is 0 Å². The Balaban J connectivity index is 1.62. The highest BCUT2D eigenvalue weighted by atomic mass is 35.5. The lowest BCUT2D eigenvalue weighted by molar-refractivity contribution is 0.453. The third-order valence-electron chi connectivity index (χ3n) is 6.95. The van der Waals surface area contributed by atoms with Crippen LogP contribution in [0.25, 0.3) is 28.1 Å². The van der Waals surface area contributed by atoms with Gasteiger partial charge in [0.25, 0.3) is 0 Å². The van der Waals surface area contributed by atoms with Crippen molar-refractivity contribution in [3.8, 4) is 17.1 Å². The molecule has 0 bridgehead atoms. The van der Waals surface area contributed by atoms with Crippen molar-refractivity contribution in [2.45, 2.75) is 25.3 Å². The molecule has 0 radical (unpaired) electrons. The second-order valence-corrected chi connectivity index (χ2v) is 11.2. The molecule has 2 heterocycles. The second-order valence-electron chi connectivity index (χ2n) is 9.54. The van der Waals surface area contributed by atoms with Crippen LogP contribution in [0.2, 0.25) is 20.1 Å². The molecule has 0 unspecified atom stereocenters. The quantitative estimate of drug-likeness (QED) is 0.219. The molecular formula is C30H24Cl4N4. The summed E-state index contributed by atoms with van der Waals surface area (Å²) in [5.41, 5.74) is 6.75. The molecule has 1 fully saturated rings. The first-order chi connectivity index (χ1) is 18.5. The van der Waals surface area contributed by atoms with Gasteiger partial charge in [-0.25, -0.2) is 4.98 Å². The summed E-state index contributed by atoms with van der Waals surface area (Å²) in [5.74, 6) is 0. The van der Waals surface area contributed by atoms with Gasteiger partial charge in [-0.05, 0) is 98.1 Å². The van der Waals surface area contributed by atoms with Crippen LogP contribution in [0.5, 0.6) is 0 Å². The van der Waals surface area contributed by atoms with Crippen molar-refractivity contribution in [2.24, 2.45) is 4.99 Å². The van der Waals surface area contributed by atoms with Crippen LogP contribution in [0.1, 0.15) is 24.0 Å². The molecule has 0 amide bonds. The predicted octanol–water partition coefficient (Wildman–Crippen LogP) is 7.99. The number of para-hydroxylation sites is 2. The van der Waals surface area contributed by atoms with Crippen LogP contribution in [-0.4, -0.2) is 28.7 Å². The van der Waals surface area contributed by atoms with Gasteiger partial charge >= 0.3 is 0 Å². The zero-order chi connectivity index (χ0) is 26.2. The van der Waals surface area contributed by atoms with Crippen LogP contribution < -0.4 is 10.7 Å². The van der Waals surface area contributed by atoms with Gasteiger partial charge < -0.3 is 9.88 Å². The van der Waals surface area contributed by atoms with Crippen LogP contribution in [0, 0.1) is 0 Å². The standard InChI is InChI=1S/C30H24Cl4N4/c31-22-7-5-18(14-24(22)33)13-19-15-28-30(17-27(19)36-20-9-11-35-12-10-20)38(21-6-8-23(32)25(34)16-21)29-4-2-1-3-26(29)37-28/h1-8,14-17,20,35H,9-13H2. The molecule has 2 aliphatic heterocycles. The van der Waals surface area contributed by atoms with E-state index in [1.807, 2.05) is 54.6 Å². The van der Waals surface area contributed by atoms with Crippen molar-refractivity contribution < 1.29 is 0 Å². The van der Waals surface area contributed by atoms with Gasteiger partial charge in [0.15, 0.2) is 0 Å². The summed E-state index contributed by atoms with van der Waals surface area (Å²) in [5, 5.41) is 6.50. The topological polar surface area (TPSA) is 42.2 Å². The van der Waals surface area contributed by atoms with Crippen molar-refractivity contribution >= 4 is 57.4 Å². The molecule has 8 heteroatoms. The summed E-state index contributed by atoms with van der Waals surface area (Å²) in [6, 6.07) is 24.1. The summed E-state index contributed by atoms with van der Waals surface area (Å²) in [6.07, 6.45) is 2.68. The van der Waals surface area contributed by atoms with E-state index in [2.05, 4.69) is 28.1 Å². The van der Waals surface area contributed by atoms with Crippen molar-refractivity contribution in [2.75, 3.05) is 13.1 Å². The largest absolute Gasteiger partial charge is 0.317 e. The van der Waals surface area contributed by atoms with Crippen molar-refractivity contribution in [3.63, 3.8) is 0 Å². The van der Waals surface area contributed by atoms with E-state index < -0.39 is 0 Å². The minimum Gasteiger partial charge on any atom is -0.317 e. The lowest BCUT2D eigenvalue weighted by atomic mass is 10.00. The number of nitrogens with zero attached hydrogens (tertiary/aromatic N) is 3. The predicted molar refractivity (Wildman–Crippen MR) is 158 cm³/mol. The molecule has 1 aliphatic carbocycles. The van der Waals surface area contributed by atoms with E-state index in [0.29, 0.717) is 26.5 Å². The van der Waals surface area contributed by atoms with Gasteiger partial charge in [0.05, 0.1) is 53.9 Å². The number of rotatable bonds is 4. The van der Waals surface area contributed by atoms with Gasteiger partial charge in [0.2, 0.25) is 0 Å². The van der Waals surface area contributed by atoms with Gasteiger partial charge in [-0.2, -0.15) is 0 Å². The number of benzene rings is 4. The Bertz CT molecular complexity index is 1690. The summed E-state index contributed by atoms with van der Waals surface area (Å²) >= 11 is 25.3. The smallest absolute Gasteiger partial charge is 0.0882 e. The molecule has 3 aromatic rings. The van der Waals surface area contributed by atoms with E-state index >= 15 is 0 Å². The first-order valence-corrected chi connectivity index (χ1v) is 14.1. The van der Waals surface area contributed by atoms with Crippen LogP contribution in [0.4, 0.5) is 0 Å². The molecule has 0 atom stereocenters. The van der Waals surface area contributed by atoms with Crippen molar-refractivity contribution in [3.05, 3.63) is 109 Å². The van der Waals surface area contributed by atoms with Crippen LogP contribution in [0.15, 0.2) is 77.8 Å². The Morgan fingerprint density at radius 3 is 2.32 bits per heavy atom. The molecule has 0 saturated carbocycles. The van der Waals surface area contributed by atoms with Gasteiger partial charge in [-0.15, -0.1) is 0 Å². The molecule has 3 aromatic carbocycles. The Labute approximate surface area is 241 Å². The highest BCUT2D eigenvalue weighted by Crippen LogP contribution is 2.32. The third-order valence-corrected chi connectivity index (χ3v) is 8.43. The van der Waals surface area contributed by atoms with Crippen LogP contribution in [-0.2, 0) is 6.42 Å². The van der Waals surface area contributed by atoms with Gasteiger partial charge in [-0.3, -0.25) is 4.99 Å². The van der Waals surface area contributed by atoms with Gasteiger partial charge in [-0.1, -0.05) is 64.6 Å². The lowest BCUT2D eigenvalue weighted by Crippen LogP contribution is -2.31. The molecule has 1 saturated heterocycles. The van der Waals surface area contributed by atoms with Crippen LogP contribution >= 0.6 is 46.4 Å². The summed E-state index contributed by atoms with van der Waals surface area (Å²) in [4.78, 5) is 10.3. The number of aromatic nitrogens is 2. The average Bonchev–Trinajstić information content (AvgIpc) is 2.92. The molecule has 0 aromatic heterocycles. The summed E-state index contributed by atoms with van der Waals surface area (Å²) < 4.78 is 2.18. The fourth-order valence-electron chi connectivity index (χ4n) is 5.05. The minimum absolute atomic E-state index is 0.257. The summed E-state index contributed by atoms with van der Waals surface area (Å²) in [7, 11) is 0. The fraction of sp³-hybridized carbons (Fsp3) is 0.200. The number of fused-ring (bicyclic) bond motifs is 2. The fourth-order valence-corrected chi connectivity index (χ4v) is 5.66. The normalized spacial score (nSPS) is 15.0. The maximum Gasteiger partial charge on any atom is 0.0882 e. The van der Waals surface area contributed by atoms with E-state index in [9.17, 15) is 0 Å². The molecule has 1 N–H and O–H groups in total. The Hall–Kier alpha value is -2.60. The summed E-state index contributed by atoms with van der Waals surface area (Å²) in [6.45, 7) is 1.94. The number of piperidine rings is 1. The van der Waals surface area contributed by atoms with E-state index in [1.165, 1.54) is 0 Å². The lowest BCUT2D eigenvalue weighted by Gasteiger charge is -2.22. The van der Waals surface area contributed by atoms with E-state index in [0.717, 1.165) is 70.5 Å². The SMILES string of the molecule is Clc1ccc(Cc2cc3nc4ccccc4n(-c4ccc(Cl)c(Cl)c4)c-3cc2=NC2CCNCC2)cc1Cl. The zero-order valence-corrected chi connectivity index (χ0v) is 23.4. The molecule has 38 heavy (non-hydrogen) atoms. The van der Waals surface area contributed by atoms with Gasteiger partial charge in [0, 0.05) is 5.69 Å². The van der Waals surface area contributed by atoms with E-state index in [1.54, 1.807) is 0 Å². The second kappa shape index (κ2) is 10.9. The highest BCUT2D eigenvalue weighted by molar-refractivity contribution is 6.42. The Morgan fingerprint density at radius 2 is 1.55 bits per heavy atom. The molecular weight excluding hydrogens is 558 g/mol. The first-order valence-electron chi connectivity index (χ1n) is 12.5. The van der Waals surface area contributed by atoms with Crippen molar-refractivity contribution in [1.82, 2.24) is 14.9 Å². The van der Waals surface area contributed by atoms with E-state index in [4.69, 9.17) is 56.4 Å². The molecule has 6 rings (SSSR count). The number of nitrogens with one attached hydrogen (secondary N) is 1. The third kappa shape index (κ3) is 5.16. The van der Waals surface area contributed by atoms with E-state index in [-0.39, 0.29) is 6.04 Å². The minimum atomic E-state index is 0.257. The maximum absolute atomic E-state index is 6.46. The monoisotopic (exact) mass is 580 g/mol. The Morgan fingerprint density at radius 1 is 0.816 bits per heavy atom. The molecule has 0 spiro atoms. The molecule has 192 valence electrons. The Kier molecular flexibility index (Phi) is 7.35. The molecule has 3 aliphatic rings. The highest BCUT2D eigenvalue weighted by Gasteiger charge is 2.19. The zero-order valence-electron chi connectivity index (χ0n) is 20.4. The molecule has 4 nitrogen and oxygen atoms in total. The number of hydrogen-bond acceptors (Lipinski definition) is 3. The first kappa shape index (κ1) is 25.7. The number of hydrogen-bond donors (Lipinski definition) is 1. The van der Waals surface area contributed by atoms with Crippen LogP contribution in [0.3, 0.4) is 0 Å². The number of halogens is 4.